The Hall–Kier alpha value is -2.46. The van der Waals surface area contributed by atoms with Gasteiger partial charge in [0.1, 0.15) is 0 Å². The van der Waals surface area contributed by atoms with Gasteiger partial charge in [-0.25, -0.2) is 0 Å². The number of hydrogen-bond donors (Lipinski definition) is 0. The second-order valence-corrected chi connectivity index (χ2v) is 4.52. The molecule has 0 atom stereocenters. The summed E-state index contributed by atoms with van der Waals surface area (Å²) in [5.41, 5.74) is 9.41. The molecule has 0 saturated carbocycles. The predicted molar refractivity (Wildman–Crippen MR) is 74.1 cm³/mol. The van der Waals surface area contributed by atoms with Crippen molar-refractivity contribution in [2.75, 3.05) is 0 Å². The zero-order chi connectivity index (χ0) is 15.3. The molecule has 3 nitrogen and oxygen atoms in total. The quantitative estimate of drug-likeness (QED) is 0.409. The van der Waals surface area contributed by atoms with Crippen LogP contribution in [0.2, 0.25) is 0 Å². The molecule has 21 heavy (non-hydrogen) atoms. The highest BCUT2D eigenvalue weighted by Crippen LogP contribution is 2.33. The molecule has 2 rings (SSSR count). The van der Waals surface area contributed by atoms with Crippen molar-refractivity contribution >= 4 is 5.69 Å². The van der Waals surface area contributed by atoms with Crippen molar-refractivity contribution in [2.45, 2.75) is 19.0 Å². The largest absolute Gasteiger partial charge is 0.416 e. The van der Waals surface area contributed by atoms with Crippen LogP contribution in [0.1, 0.15) is 16.7 Å². The lowest BCUT2D eigenvalue weighted by atomic mass is 10.0. The monoisotopic (exact) mass is 291 g/mol. The van der Waals surface area contributed by atoms with E-state index >= 15 is 0 Å². The van der Waals surface area contributed by atoms with E-state index in [1.165, 1.54) is 6.07 Å². The Kier molecular flexibility index (Phi) is 4.50. The third kappa shape index (κ3) is 4.00. The van der Waals surface area contributed by atoms with Crippen LogP contribution >= 0.6 is 0 Å². The second kappa shape index (κ2) is 6.33. The standard InChI is InChI=1S/C15H12F3N3/c16-15(17,18)13-8-9-14(20-21-19)12(10-13)7-6-11-4-2-1-3-5-11/h1-5,8-10H,6-7H2. The first-order valence-corrected chi connectivity index (χ1v) is 6.30. The molecule has 0 aliphatic rings. The molecule has 0 amide bonds. The van der Waals surface area contributed by atoms with E-state index < -0.39 is 11.7 Å². The van der Waals surface area contributed by atoms with E-state index in [4.69, 9.17) is 5.53 Å². The molecule has 0 aliphatic heterocycles. The van der Waals surface area contributed by atoms with Gasteiger partial charge in [-0.05, 0) is 41.6 Å². The van der Waals surface area contributed by atoms with E-state index in [0.717, 1.165) is 17.7 Å². The average Bonchev–Trinajstić information content (AvgIpc) is 2.46. The molecule has 0 radical (unpaired) electrons. The van der Waals surface area contributed by atoms with Gasteiger partial charge in [0, 0.05) is 10.6 Å². The van der Waals surface area contributed by atoms with Crippen LogP contribution in [0, 0.1) is 0 Å². The molecular formula is C15H12F3N3. The molecule has 2 aromatic rings. The summed E-state index contributed by atoms with van der Waals surface area (Å²) in [7, 11) is 0. The number of nitrogens with zero attached hydrogens (tertiary/aromatic N) is 3. The van der Waals surface area contributed by atoms with Gasteiger partial charge in [0.25, 0.3) is 0 Å². The van der Waals surface area contributed by atoms with Gasteiger partial charge in [0.2, 0.25) is 0 Å². The van der Waals surface area contributed by atoms with E-state index in [1.54, 1.807) is 0 Å². The summed E-state index contributed by atoms with van der Waals surface area (Å²) in [6.07, 6.45) is -3.45. The minimum atomic E-state index is -4.41. The maximum Gasteiger partial charge on any atom is 0.416 e. The molecule has 2 aromatic carbocycles. The van der Waals surface area contributed by atoms with Crippen molar-refractivity contribution in [3.8, 4) is 0 Å². The van der Waals surface area contributed by atoms with Crippen LogP contribution in [0.5, 0.6) is 0 Å². The maximum atomic E-state index is 12.7. The summed E-state index contributed by atoms with van der Waals surface area (Å²) < 4.78 is 38.2. The van der Waals surface area contributed by atoms with Crippen LogP contribution in [-0.2, 0) is 19.0 Å². The molecule has 0 bridgehead atoms. The van der Waals surface area contributed by atoms with E-state index in [2.05, 4.69) is 10.0 Å². The van der Waals surface area contributed by atoms with Gasteiger partial charge in [-0.1, -0.05) is 41.5 Å². The summed E-state index contributed by atoms with van der Waals surface area (Å²) in [6.45, 7) is 0. The third-order valence-corrected chi connectivity index (χ3v) is 3.09. The summed E-state index contributed by atoms with van der Waals surface area (Å²) in [4.78, 5) is 2.66. The number of azide groups is 1. The van der Waals surface area contributed by atoms with Crippen molar-refractivity contribution in [3.05, 3.63) is 75.7 Å². The first kappa shape index (κ1) is 14.9. The van der Waals surface area contributed by atoms with Crippen molar-refractivity contribution in [2.24, 2.45) is 5.11 Å². The zero-order valence-electron chi connectivity index (χ0n) is 11.0. The van der Waals surface area contributed by atoms with Crippen LogP contribution < -0.4 is 0 Å². The predicted octanol–water partition coefficient (Wildman–Crippen LogP) is 5.43. The summed E-state index contributed by atoms with van der Waals surface area (Å²) in [5.74, 6) is 0. The Balaban J connectivity index is 2.28. The van der Waals surface area contributed by atoms with Gasteiger partial charge in [-0.3, -0.25) is 0 Å². The van der Waals surface area contributed by atoms with Crippen LogP contribution in [-0.4, -0.2) is 0 Å². The Morgan fingerprint density at radius 1 is 1.00 bits per heavy atom. The van der Waals surface area contributed by atoms with Crippen LogP contribution in [0.25, 0.3) is 10.4 Å². The Morgan fingerprint density at radius 3 is 2.33 bits per heavy atom. The average molecular weight is 291 g/mol. The highest BCUT2D eigenvalue weighted by atomic mass is 19.4. The van der Waals surface area contributed by atoms with Crippen molar-refractivity contribution in [1.29, 1.82) is 0 Å². The van der Waals surface area contributed by atoms with Gasteiger partial charge in [0.15, 0.2) is 0 Å². The molecule has 0 unspecified atom stereocenters. The first-order valence-electron chi connectivity index (χ1n) is 6.30. The molecule has 0 aromatic heterocycles. The molecule has 0 fully saturated rings. The number of aryl methyl sites for hydroxylation is 2. The Labute approximate surface area is 119 Å². The molecule has 6 heteroatoms. The summed E-state index contributed by atoms with van der Waals surface area (Å²) in [5, 5.41) is 3.46. The fourth-order valence-electron chi connectivity index (χ4n) is 2.03. The van der Waals surface area contributed by atoms with E-state index in [9.17, 15) is 13.2 Å². The number of rotatable bonds is 4. The van der Waals surface area contributed by atoms with Gasteiger partial charge in [-0.2, -0.15) is 13.2 Å². The molecule has 0 heterocycles. The lowest BCUT2D eigenvalue weighted by Gasteiger charge is -2.11. The SMILES string of the molecule is [N-]=[N+]=Nc1ccc(C(F)(F)F)cc1CCc1ccccc1. The fourth-order valence-corrected chi connectivity index (χ4v) is 2.03. The second-order valence-electron chi connectivity index (χ2n) is 4.52. The lowest BCUT2D eigenvalue weighted by molar-refractivity contribution is -0.137. The molecule has 0 saturated heterocycles. The van der Waals surface area contributed by atoms with Crippen LogP contribution in [0.15, 0.2) is 53.6 Å². The topological polar surface area (TPSA) is 48.8 Å². The molecule has 0 aliphatic carbocycles. The molecule has 108 valence electrons. The van der Waals surface area contributed by atoms with Gasteiger partial charge in [-0.15, -0.1) is 0 Å². The summed E-state index contributed by atoms with van der Waals surface area (Å²) in [6, 6.07) is 12.6. The number of halogens is 3. The highest BCUT2D eigenvalue weighted by Gasteiger charge is 2.30. The van der Waals surface area contributed by atoms with Crippen LogP contribution in [0.3, 0.4) is 0 Å². The minimum Gasteiger partial charge on any atom is -0.166 e. The Morgan fingerprint density at radius 2 is 1.71 bits per heavy atom. The smallest absolute Gasteiger partial charge is 0.166 e. The lowest BCUT2D eigenvalue weighted by Crippen LogP contribution is -2.05. The number of hydrogen-bond acceptors (Lipinski definition) is 1. The highest BCUT2D eigenvalue weighted by molar-refractivity contribution is 5.49. The zero-order valence-corrected chi connectivity index (χ0v) is 11.0. The number of alkyl halides is 3. The van der Waals surface area contributed by atoms with Crippen LogP contribution in [0.4, 0.5) is 18.9 Å². The normalized spacial score (nSPS) is 11.0. The fraction of sp³-hybridized carbons (Fsp3) is 0.200. The summed E-state index contributed by atoms with van der Waals surface area (Å²) >= 11 is 0. The van der Waals surface area contributed by atoms with Gasteiger partial charge >= 0.3 is 6.18 Å². The van der Waals surface area contributed by atoms with E-state index in [1.807, 2.05) is 30.3 Å². The van der Waals surface area contributed by atoms with Gasteiger partial charge < -0.3 is 0 Å². The van der Waals surface area contributed by atoms with Crippen molar-refractivity contribution in [3.63, 3.8) is 0 Å². The molecule has 0 N–H and O–H groups in total. The Bertz CT molecular complexity index is 660. The van der Waals surface area contributed by atoms with E-state index in [-0.39, 0.29) is 5.69 Å². The van der Waals surface area contributed by atoms with E-state index in [0.29, 0.717) is 18.4 Å². The maximum absolute atomic E-state index is 12.7. The third-order valence-electron chi connectivity index (χ3n) is 3.09. The number of benzene rings is 2. The molecule has 0 spiro atoms. The first-order chi connectivity index (χ1) is 10.0. The van der Waals surface area contributed by atoms with Gasteiger partial charge in [0.05, 0.1) is 5.56 Å². The van der Waals surface area contributed by atoms with Crippen molar-refractivity contribution in [1.82, 2.24) is 0 Å². The minimum absolute atomic E-state index is 0.237. The molecular weight excluding hydrogens is 279 g/mol. The van der Waals surface area contributed by atoms with Crippen molar-refractivity contribution < 1.29 is 13.2 Å².